The van der Waals surface area contributed by atoms with Crippen LogP contribution < -0.4 is 20.7 Å². The summed E-state index contributed by atoms with van der Waals surface area (Å²) in [5.74, 6) is -9.26. The Morgan fingerprint density at radius 2 is 1.57 bits per heavy atom. The van der Waals surface area contributed by atoms with Crippen LogP contribution in [-0.2, 0) is 34.0 Å². The number of ether oxygens (including phenoxy) is 1. The lowest BCUT2D eigenvalue weighted by atomic mass is 9.96. The number of amides is 3. The molecule has 10 nitrogen and oxygen atoms in total. The van der Waals surface area contributed by atoms with Crippen molar-refractivity contribution in [1.82, 2.24) is 20.9 Å². The Balaban J connectivity index is 1.78. The molecule has 12 heteroatoms. The number of hydrogen-bond donors (Lipinski definition) is 4. The van der Waals surface area contributed by atoms with E-state index in [0.717, 1.165) is 5.56 Å². The molecule has 1 heterocycles. The minimum Gasteiger partial charge on any atom is -0.489 e. The zero-order chi connectivity index (χ0) is 30.7. The predicted molar refractivity (Wildman–Crippen MR) is 149 cm³/mol. The number of ketones is 1. The molecule has 0 saturated carbocycles. The van der Waals surface area contributed by atoms with Gasteiger partial charge in [-0.2, -0.15) is 8.78 Å². The number of carbonyl (C=O) groups excluding carboxylic acids is 3. The van der Waals surface area contributed by atoms with Crippen LogP contribution in [0.5, 0.6) is 5.75 Å². The van der Waals surface area contributed by atoms with Crippen LogP contribution in [0, 0.1) is 5.92 Å². The third-order valence-electron chi connectivity index (χ3n) is 6.24. The number of benzene rings is 2. The van der Waals surface area contributed by atoms with Crippen molar-refractivity contribution < 1.29 is 37.8 Å². The van der Waals surface area contributed by atoms with E-state index in [0.29, 0.717) is 23.5 Å². The van der Waals surface area contributed by atoms with Gasteiger partial charge in [0, 0.05) is 25.4 Å². The first kappa shape index (κ1) is 31.7. The lowest BCUT2D eigenvalue weighted by Crippen LogP contribution is -2.58. The lowest BCUT2D eigenvalue weighted by Gasteiger charge is -2.26. The molecule has 4 N–H and O–H groups in total. The van der Waals surface area contributed by atoms with E-state index >= 15 is 8.78 Å². The smallest absolute Gasteiger partial charge is 0.405 e. The summed E-state index contributed by atoms with van der Waals surface area (Å²) < 4.78 is 36.0. The lowest BCUT2D eigenvalue weighted by molar-refractivity contribution is -0.160. The average Bonchev–Trinajstić information content (AvgIpc) is 2.98. The Hall–Kier alpha value is -4.87. The number of alkyl halides is 2. The van der Waals surface area contributed by atoms with Crippen molar-refractivity contribution >= 4 is 23.7 Å². The van der Waals surface area contributed by atoms with E-state index in [1.54, 1.807) is 50.2 Å². The molecule has 0 saturated heterocycles. The van der Waals surface area contributed by atoms with Gasteiger partial charge >= 0.3 is 12.0 Å². The molecule has 2 aromatic carbocycles. The van der Waals surface area contributed by atoms with Crippen LogP contribution in [0.3, 0.4) is 0 Å². The van der Waals surface area contributed by atoms with E-state index in [-0.39, 0.29) is 6.54 Å². The molecule has 3 rings (SSSR count). The van der Waals surface area contributed by atoms with Gasteiger partial charge in [-0.15, -0.1) is 0 Å². The summed E-state index contributed by atoms with van der Waals surface area (Å²) in [4.78, 5) is 53.5. The van der Waals surface area contributed by atoms with E-state index in [9.17, 15) is 19.2 Å². The minimum absolute atomic E-state index is 0.297. The SMILES string of the molecule is CC(C)C(NC(=O)O)C(=O)NC(Cc1ccc(OCc2ccccc2)cc1)C(=O)C(F)(F)C(=O)NCc1cccnc1. The van der Waals surface area contributed by atoms with E-state index < -0.39 is 54.0 Å². The van der Waals surface area contributed by atoms with Crippen LogP contribution in [0.25, 0.3) is 0 Å². The first-order valence-corrected chi connectivity index (χ1v) is 13.1. The summed E-state index contributed by atoms with van der Waals surface area (Å²) in [5.41, 5.74) is 1.77. The Morgan fingerprint density at radius 3 is 2.17 bits per heavy atom. The van der Waals surface area contributed by atoms with Gasteiger partial charge in [-0.25, -0.2) is 4.79 Å². The third kappa shape index (κ3) is 9.08. The normalized spacial score (nSPS) is 12.6. The highest BCUT2D eigenvalue weighted by atomic mass is 19.3. The second kappa shape index (κ2) is 14.7. The topological polar surface area (TPSA) is 147 Å². The average molecular weight is 583 g/mol. The summed E-state index contributed by atoms with van der Waals surface area (Å²) >= 11 is 0. The van der Waals surface area contributed by atoms with Crippen molar-refractivity contribution in [1.29, 1.82) is 0 Å². The molecular formula is C30H32F2N4O6. The van der Waals surface area contributed by atoms with Gasteiger partial charge in [0.15, 0.2) is 0 Å². The number of halogens is 2. The number of nitrogens with one attached hydrogen (secondary N) is 3. The van der Waals surface area contributed by atoms with Crippen LogP contribution in [-0.4, -0.2) is 51.8 Å². The zero-order valence-electron chi connectivity index (χ0n) is 23.1. The quantitative estimate of drug-likeness (QED) is 0.213. The molecule has 0 aliphatic carbocycles. The fourth-order valence-electron chi connectivity index (χ4n) is 3.96. The van der Waals surface area contributed by atoms with Crippen LogP contribution in [0.4, 0.5) is 13.6 Å². The maximum atomic E-state index is 15.2. The van der Waals surface area contributed by atoms with Crippen LogP contribution >= 0.6 is 0 Å². The second-order valence-electron chi connectivity index (χ2n) is 9.84. The van der Waals surface area contributed by atoms with Crippen molar-refractivity contribution in [2.45, 2.75) is 51.4 Å². The van der Waals surface area contributed by atoms with Crippen LogP contribution in [0.1, 0.15) is 30.5 Å². The molecule has 42 heavy (non-hydrogen) atoms. The van der Waals surface area contributed by atoms with E-state index in [1.165, 1.54) is 12.4 Å². The van der Waals surface area contributed by atoms with Crippen LogP contribution in [0.15, 0.2) is 79.1 Å². The summed E-state index contributed by atoms with van der Waals surface area (Å²) in [5, 5.41) is 15.4. The number of pyridine rings is 1. The van der Waals surface area contributed by atoms with Gasteiger partial charge in [-0.1, -0.05) is 62.4 Å². The predicted octanol–water partition coefficient (Wildman–Crippen LogP) is 3.50. The molecule has 0 bridgehead atoms. The van der Waals surface area contributed by atoms with E-state index in [1.807, 2.05) is 41.0 Å². The van der Waals surface area contributed by atoms with Gasteiger partial charge in [0.25, 0.3) is 5.91 Å². The maximum absolute atomic E-state index is 15.2. The zero-order valence-corrected chi connectivity index (χ0v) is 23.1. The van der Waals surface area contributed by atoms with Crippen molar-refractivity contribution in [3.05, 3.63) is 95.8 Å². The standard InChI is InChI=1S/C30H32F2N4O6/c1-19(2)25(36-29(40)41)27(38)35-24(26(37)30(31,32)28(39)34-17-22-9-6-14-33-16-22)15-20-10-12-23(13-11-20)42-18-21-7-4-3-5-8-21/h3-14,16,19,24-25,36H,15,17-18H2,1-2H3,(H,34,39)(H,35,38)(H,40,41). The number of carbonyl (C=O) groups is 4. The van der Waals surface area contributed by atoms with Gasteiger partial charge in [-0.05, 0) is 40.8 Å². The molecule has 3 amide bonds. The fraction of sp³-hybridized carbons (Fsp3) is 0.300. The molecule has 0 radical (unpaired) electrons. The number of aromatic nitrogens is 1. The van der Waals surface area contributed by atoms with E-state index in [4.69, 9.17) is 9.84 Å². The van der Waals surface area contributed by atoms with Gasteiger partial charge in [-0.3, -0.25) is 19.4 Å². The summed E-state index contributed by atoms with van der Waals surface area (Å²) in [6.07, 6.45) is 0.950. The molecule has 0 fully saturated rings. The largest absolute Gasteiger partial charge is 0.489 e. The second-order valence-corrected chi connectivity index (χ2v) is 9.84. The highest BCUT2D eigenvalue weighted by Gasteiger charge is 2.50. The van der Waals surface area contributed by atoms with Gasteiger partial charge in [0.1, 0.15) is 18.4 Å². The molecule has 1 aromatic heterocycles. The molecule has 0 aliphatic heterocycles. The molecule has 2 unspecified atom stereocenters. The third-order valence-corrected chi connectivity index (χ3v) is 6.24. The number of carboxylic acid groups (broad SMARTS) is 1. The fourth-order valence-corrected chi connectivity index (χ4v) is 3.96. The van der Waals surface area contributed by atoms with Crippen LogP contribution in [0.2, 0.25) is 0 Å². The highest BCUT2D eigenvalue weighted by Crippen LogP contribution is 2.22. The maximum Gasteiger partial charge on any atom is 0.405 e. The number of Topliss-reactive ketones (excluding diaryl/α,β-unsaturated/α-hetero) is 1. The van der Waals surface area contributed by atoms with Crippen molar-refractivity contribution in [3.8, 4) is 5.75 Å². The Labute approximate surface area is 241 Å². The molecule has 2 atom stereocenters. The molecule has 0 spiro atoms. The Morgan fingerprint density at radius 1 is 0.905 bits per heavy atom. The minimum atomic E-state index is -4.51. The molecule has 0 aliphatic rings. The van der Waals surface area contributed by atoms with Crippen molar-refractivity contribution in [2.24, 2.45) is 5.92 Å². The van der Waals surface area contributed by atoms with Crippen molar-refractivity contribution in [2.75, 3.05) is 0 Å². The number of rotatable bonds is 14. The number of nitrogens with zero attached hydrogens (tertiary/aromatic N) is 1. The monoisotopic (exact) mass is 582 g/mol. The molecule has 3 aromatic rings. The Kier molecular flexibility index (Phi) is 11.1. The number of hydrogen-bond acceptors (Lipinski definition) is 6. The summed E-state index contributed by atoms with van der Waals surface area (Å²) in [6.45, 7) is 3.09. The molecule has 222 valence electrons. The first-order valence-electron chi connectivity index (χ1n) is 13.1. The van der Waals surface area contributed by atoms with Crippen molar-refractivity contribution in [3.63, 3.8) is 0 Å². The van der Waals surface area contributed by atoms with E-state index in [2.05, 4.69) is 10.3 Å². The van der Waals surface area contributed by atoms with Gasteiger partial charge in [0.05, 0.1) is 6.04 Å². The summed E-state index contributed by atoms with van der Waals surface area (Å²) in [6, 6.07) is 15.6. The van der Waals surface area contributed by atoms with Gasteiger partial charge in [0.2, 0.25) is 11.7 Å². The molecular weight excluding hydrogens is 550 g/mol. The first-order chi connectivity index (χ1) is 20.0. The summed E-state index contributed by atoms with van der Waals surface area (Å²) in [7, 11) is 0. The van der Waals surface area contributed by atoms with Gasteiger partial charge < -0.3 is 25.8 Å². The Bertz CT molecular complexity index is 1360. The highest BCUT2D eigenvalue weighted by molar-refractivity contribution is 6.10.